The Kier molecular flexibility index (Phi) is 9.02. The van der Waals surface area contributed by atoms with E-state index in [2.05, 4.69) is 16.0 Å². The first kappa shape index (κ1) is 21.3. The maximum absolute atomic E-state index is 12.0. The molecule has 3 amide bonds. The molecule has 0 saturated heterocycles. The van der Waals surface area contributed by atoms with Crippen molar-refractivity contribution in [2.45, 2.75) is 44.8 Å². The number of carboxylic acid groups (broad SMARTS) is 2. The number of hydrogen-bond acceptors (Lipinski definition) is 6. The molecule has 3 atom stereocenters. The van der Waals surface area contributed by atoms with E-state index in [9.17, 15) is 24.0 Å². The molecular formula is C13H22N4O7. The molecule has 0 radical (unpaired) electrons. The summed E-state index contributed by atoms with van der Waals surface area (Å²) in [4.78, 5) is 56.4. The third-order valence-electron chi connectivity index (χ3n) is 2.86. The predicted molar refractivity (Wildman–Crippen MR) is 80.7 cm³/mol. The van der Waals surface area contributed by atoms with E-state index in [1.807, 2.05) is 0 Å². The molecule has 24 heavy (non-hydrogen) atoms. The number of nitrogens with one attached hydrogen (secondary N) is 3. The normalized spacial score (nSPS) is 14.0. The average molecular weight is 346 g/mol. The molecule has 11 heteroatoms. The monoisotopic (exact) mass is 346 g/mol. The fourth-order valence-corrected chi connectivity index (χ4v) is 1.53. The van der Waals surface area contributed by atoms with Crippen molar-refractivity contribution < 1.29 is 34.2 Å². The zero-order valence-electron chi connectivity index (χ0n) is 13.4. The second kappa shape index (κ2) is 10.2. The van der Waals surface area contributed by atoms with Crippen LogP contribution in [-0.4, -0.2) is 64.5 Å². The summed E-state index contributed by atoms with van der Waals surface area (Å²) in [5, 5.41) is 23.9. The number of carboxylic acids is 2. The lowest BCUT2D eigenvalue weighted by atomic mass is 10.1. The van der Waals surface area contributed by atoms with E-state index in [-0.39, 0.29) is 6.42 Å². The maximum atomic E-state index is 12.0. The lowest BCUT2D eigenvalue weighted by Gasteiger charge is -2.21. The van der Waals surface area contributed by atoms with Crippen LogP contribution < -0.4 is 21.7 Å². The number of hydrogen-bond donors (Lipinski definition) is 6. The lowest BCUT2D eigenvalue weighted by molar-refractivity contribution is -0.140. The van der Waals surface area contributed by atoms with E-state index >= 15 is 0 Å². The molecule has 11 nitrogen and oxygen atoms in total. The molecular weight excluding hydrogens is 324 g/mol. The summed E-state index contributed by atoms with van der Waals surface area (Å²) in [6, 6.07) is -3.09. The van der Waals surface area contributed by atoms with Gasteiger partial charge in [-0.2, -0.15) is 0 Å². The van der Waals surface area contributed by atoms with Gasteiger partial charge in [-0.05, 0) is 20.3 Å². The van der Waals surface area contributed by atoms with E-state index in [4.69, 9.17) is 15.9 Å². The predicted octanol–water partition coefficient (Wildman–Crippen LogP) is -2.61. The zero-order valence-corrected chi connectivity index (χ0v) is 13.4. The van der Waals surface area contributed by atoms with E-state index < -0.39 is 60.8 Å². The lowest BCUT2D eigenvalue weighted by Crippen LogP contribution is -2.54. The molecule has 0 rings (SSSR count). The van der Waals surface area contributed by atoms with Crippen molar-refractivity contribution in [2.24, 2.45) is 5.73 Å². The Labute approximate surface area is 138 Å². The number of rotatable bonds is 10. The summed E-state index contributed by atoms with van der Waals surface area (Å²) in [5.41, 5.74) is 5.35. The summed E-state index contributed by atoms with van der Waals surface area (Å²) in [7, 11) is 0. The molecule has 0 aromatic heterocycles. The first-order valence-electron chi connectivity index (χ1n) is 7.12. The van der Waals surface area contributed by atoms with Gasteiger partial charge < -0.3 is 31.9 Å². The van der Waals surface area contributed by atoms with Crippen LogP contribution in [0.25, 0.3) is 0 Å². The number of amides is 3. The van der Waals surface area contributed by atoms with Gasteiger partial charge >= 0.3 is 11.9 Å². The minimum atomic E-state index is -1.29. The van der Waals surface area contributed by atoms with Gasteiger partial charge in [0.05, 0.1) is 6.04 Å². The molecule has 0 aliphatic rings. The zero-order chi connectivity index (χ0) is 18.9. The van der Waals surface area contributed by atoms with Crippen molar-refractivity contribution in [3.63, 3.8) is 0 Å². The fraction of sp³-hybridized carbons (Fsp3) is 0.615. The van der Waals surface area contributed by atoms with Gasteiger partial charge in [0.2, 0.25) is 17.7 Å². The van der Waals surface area contributed by atoms with Gasteiger partial charge in [-0.25, -0.2) is 0 Å². The Morgan fingerprint density at radius 3 is 1.96 bits per heavy atom. The van der Waals surface area contributed by atoms with Gasteiger partial charge in [0, 0.05) is 6.42 Å². The Bertz CT molecular complexity index is 507. The van der Waals surface area contributed by atoms with Crippen LogP contribution in [0, 0.1) is 0 Å². The number of nitrogens with two attached hydrogens (primary N) is 1. The minimum absolute atomic E-state index is 0.236. The Hall–Kier alpha value is -2.69. The van der Waals surface area contributed by atoms with E-state index in [1.54, 1.807) is 0 Å². The number of carbonyl (C=O) groups is 5. The summed E-state index contributed by atoms with van der Waals surface area (Å²) in [5.74, 6) is -4.61. The van der Waals surface area contributed by atoms with Gasteiger partial charge in [0.1, 0.15) is 18.6 Å². The van der Waals surface area contributed by atoms with Crippen molar-refractivity contribution in [3.05, 3.63) is 0 Å². The first-order valence-corrected chi connectivity index (χ1v) is 7.12. The van der Waals surface area contributed by atoms with Crippen molar-refractivity contribution in [2.75, 3.05) is 6.54 Å². The van der Waals surface area contributed by atoms with Crippen LogP contribution in [0.15, 0.2) is 0 Å². The van der Waals surface area contributed by atoms with Gasteiger partial charge in [0.15, 0.2) is 0 Å². The molecule has 0 aromatic carbocycles. The molecule has 0 bridgehead atoms. The Morgan fingerprint density at radius 1 is 0.917 bits per heavy atom. The molecule has 0 aliphatic carbocycles. The molecule has 0 aliphatic heterocycles. The van der Waals surface area contributed by atoms with Crippen LogP contribution in [0.4, 0.5) is 0 Å². The molecule has 7 N–H and O–H groups in total. The average Bonchev–Trinajstić information content (AvgIpc) is 2.47. The second-order valence-electron chi connectivity index (χ2n) is 5.12. The summed E-state index contributed by atoms with van der Waals surface area (Å²) >= 11 is 0. The van der Waals surface area contributed by atoms with Crippen molar-refractivity contribution in [1.82, 2.24) is 16.0 Å². The molecule has 0 fully saturated rings. The van der Waals surface area contributed by atoms with Crippen LogP contribution in [0.2, 0.25) is 0 Å². The summed E-state index contributed by atoms with van der Waals surface area (Å²) < 4.78 is 0. The van der Waals surface area contributed by atoms with Crippen LogP contribution in [0.5, 0.6) is 0 Å². The van der Waals surface area contributed by atoms with Crippen LogP contribution in [0.3, 0.4) is 0 Å². The largest absolute Gasteiger partial charge is 0.481 e. The molecule has 136 valence electrons. The summed E-state index contributed by atoms with van der Waals surface area (Å²) in [6.45, 7) is 2.11. The smallest absolute Gasteiger partial charge is 0.322 e. The quantitative estimate of drug-likeness (QED) is 0.248. The first-order chi connectivity index (χ1) is 11.0. The van der Waals surface area contributed by atoms with E-state index in [0.29, 0.717) is 0 Å². The van der Waals surface area contributed by atoms with E-state index in [0.717, 1.165) is 0 Å². The Morgan fingerprint density at radius 2 is 1.50 bits per heavy atom. The van der Waals surface area contributed by atoms with Gasteiger partial charge in [-0.3, -0.25) is 24.0 Å². The topological polar surface area (TPSA) is 188 Å². The molecule has 0 heterocycles. The second-order valence-corrected chi connectivity index (χ2v) is 5.12. The highest BCUT2D eigenvalue weighted by molar-refractivity contribution is 5.93. The minimum Gasteiger partial charge on any atom is -0.481 e. The molecule has 3 unspecified atom stereocenters. The van der Waals surface area contributed by atoms with Crippen molar-refractivity contribution >= 4 is 29.7 Å². The number of carbonyl (C=O) groups excluding carboxylic acids is 3. The molecule has 0 aromatic rings. The highest BCUT2D eigenvalue weighted by Crippen LogP contribution is 1.99. The third kappa shape index (κ3) is 8.68. The maximum Gasteiger partial charge on any atom is 0.322 e. The summed E-state index contributed by atoms with van der Waals surface area (Å²) in [6.07, 6.45) is -0.646. The van der Waals surface area contributed by atoms with Gasteiger partial charge in [-0.1, -0.05) is 0 Å². The van der Waals surface area contributed by atoms with Crippen LogP contribution >= 0.6 is 0 Å². The highest BCUT2D eigenvalue weighted by Gasteiger charge is 2.25. The standard InChI is InChI=1S/C13H22N4O7/c1-6(14)11(22)16-7(2)12(23)17-8(3-4-9(18)19)13(24)15-5-10(20)21/h6-8H,3-5,14H2,1-2H3,(H,15,24)(H,16,22)(H,17,23)(H,18,19)(H,20,21). The number of aliphatic carboxylic acids is 2. The fourth-order valence-electron chi connectivity index (χ4n) is 1.53. The SMILES string of the molecule is CC(N)C(=O)NC(C)C(=O)NC(CCC(=O)O)C(=O)NCC(=O)O. The molecule has 0 saturated carbocycles. The van der Waals surface area contributed by atoms with Gasteiger partial charge in [-0.15, -0.1) is 0 Å². The van der Waals surface area contributed by atoms with Crippen LogP contribution in [0.1, 0.15) is 26.7 Å². The van der Waals surface area contributed by atoms with Gasteiger partial charge in [0.25, 0.3) is 0 Å². The third-order valence-corrected chi connectivity index (χ3v) is 2.86. The van der Waals surface area contributed by atoms with Crippen LogP contribution in [-0.2, 0) is 24.0 Å². The van der Waals surface area contributed by atoms with E-state index in [1.165, 1.54) is 13.8 Å². The van der Waals surface area contributed by atoms with Crippen molar-refractivity contribution in [1.29, 1.82) is 0 Å². The van der Waals surface area contributed by atoms with Crippen molar-refractivity contribution in [3.8, 4) is 0 Å². The Balaban J connectivity index is 4.80. The molecule has 0 spiro atoms. The highest BCUT2D eigenvalue weighted by atomic mass is 16.4.